The second-order valence-electron chi connectivity index (χ2n) is 4.14. The average molecular weight is 350 g/mol. The molecule has 4 heteroatoms. The third-order valence-electron chi connectivity index (χ3n) is 2.46. The van der Waals surface area contributed by atoms with E-state index in [1.165, 1.54) is 11.3 Å². The van der Waals surface area contributed by atoms with Crippen molar-refractivity contribution < 1.29 is 0 Å². The molecule has 0 aliphatic rings. The molecule has 1 aromatic rings. The monoisotopic (exact) mass is 348 g/mol. The first kappa shape index (κ1) is 14.0. The molecule has 2 nitrogen and oxygen atoms in total. The molecular weight excluding hydrogens is 332 g/mol. The lowest BCUT2D eigenvalue weighted by atomic mass is 10.2. The van der Waals surface area contributed by atoms with E-state index in [1.807, 2.05) is 0 Å². The van der Waals surface area contributed by atoms with Gasteiger partial charge in [0.2, 0.25) is 0 Å². The summed E-state index contributed by atoms with van der Waals surface area (Å²) in [7, 11) is 6.31. The molecule has 0 heterocycles. The second kappa shape index (κ2) is 6.62. The highest BCUT2D eigenvalue weighted by molar-refractivity contribution is 9.10. The Labute approximate surface area is 115 Å². The molecule has 0 N–H and O–H groups in total. The van der Waals surface area contributed by atoms with Crippen LogP contribution in [0.5, 0.6) is 0 Å². The normalized spacial score (nSPS) is 10.9. The van der Waals surface area contributed by atoms with Crippen LogP contribution >= 0.6 is 31.9 Å². The fourth-order valence-corrected chi connectivity index (χ4v) is 2.49. The lowest BCUT2D eigenvalue weighted by molar-refractivity contribution is 0.416. The van der Waals surface area contributed by atoms with Gasteiger partial charge in [-0.15, -0.1) is 0 Å². The second-order valence-corrected chi connectivity index (χ2v) is 5.56. The number of nitrogens with zero attached hydrogens (tertiary/aromatic N) is 2. The summed E-state index contributed by atoms with van der Waals surface area (Å²) >= 11 is 7.08. The smallest absolute Gasteiger partial charge is 0.0508 e. The van der Waals surface area contributed by atoms with Gasteiger partial charge >= 0.3 is 0 Å². The van der Waals surface area contributed by atoms with E-state index in [0.29, 0.717) is 0 Å². The molecule has 0 radical (unpaired) electrons. The van der Waals surface area contributed by atoms with Crippen molar-refractivity contribution in [3.63, 3.8) is 0 Å². The SMILES string of the molecule is CN(C)CCN(C)c1ccc(CBr)cc1Br. The molecule has 0 saturated heterocycles. The Bertz CT molecular complexity index is 340. The largest absolute Gasteiger partial charge is 0.372 e. The molecule has 1 aromatic carbocycles. The molecular formula is C12H18Br2N2. The number of alkyl halides is 1. The van der Waals surface area contributed by atoms with E-state index in [4.69, 9.17) is 0 Å². The minimum Gasteiger partial charge on any atom is -0.372 e. The molecule has 0 bridgehead atoms. The Hall–Kier alpha value is -0.0600. The molecule has 0 saturated carbocycles. The van der Waals surface area contributed by atoms with Crippen LogP contribution in [0, 0.1) is 0 Å². The third kappa shape index (κ3) is 4.07. The predicted molar refractivity (Wildman–Crippen MR) is 78.6 cm³/mol. The van der Waals surface area contributed by atoms with Gasteiger partial charge < -0.3 is 9.80 Å². The first-order chi connectivity index (χ1) is 7.54. The maximum Gasteiger partial charge on any atom is 0.0508 e. The summed E-state index contributed by atoms with van der Waals surface area (Å²) in [4.78, 5) is 4.46. The zero-order chi connectivity index (χ0) is 12.1. The summed E-state index contributed by atoms with van der Waals surface area (Å²) in [6, 6.07) is 6.48. The van der Waals surface area contributed by atoms with Crippen LogP contribution in [0.15, 0.2) is 22.7 Å². The quantitative estimate of drug-likeness (QED) is 0.752. The Morgan fingerprint density at radius 2 is 1.81 bits per heavy atom. The highest BCUT2D eigenvalue weighted by atomic mass is 79.9. The van der Waals surface area contributed by atoms with E-state index in [9.17, 15) is 0 Å². The fourth-order valence-electron chi connectivity index (χ4n) is 1.41. The van der Waals surface area contributed by atoms with Crippen molar-refractivity contribution >= 4 is 37.5 Å². The molecule has 90 valence electrons. The van der Waals surface area contributed by atoms with Crippen LogP contribution in [0.1, 0.15) is 5.56 Å². The fraction of sp³-hybridized carbons (Fsp3) is 0.500. The topological polar surface area (TPSA) is 6.48 Å². The Kier molecular flexibility index (Phi) is 5.79. The number of halogens is 2. The van der Waals surface area contributed by atoms with Gasteiger partial charge in [0.05, 0.1) is 5.69 Å². The molecule has 16 heavy (non-hydrogen) atoms. The molecule has 0 atom stereocenters. The first-order valence-electron chi connectivity index (χ1n) is 5.25. The molecule has 0 aliphatic carbocycles. The maximum absolute atomic E-state index is 3.62. The van der Waals surface area contributed by atoms with Gasteiger partial charge in [-0.2, -0.15) is 0 Å². The number of likely N-dealkylation sites (N-methyl/N-ethyl adjacent to an activating group) is 2. The number of benzene rings is 1. The molecule has 0 aliphatic heterocycles. The third-order valence-corrected chi connectivity index (χ3v) is 3.74. The average Bonchev–Trinajstić information content (AvgIpc) is 2.25. The standard InChI is InChI=1S/C12H18Br2N2/c1-15(2)6-7-16(3)12-5-4-10(9-13)8-11(12)14/h4-5,8H,6-7,9H2,1-3H3. The molecule has 0 amide bonds. The van der Waals surface area contributed by atoms with E-state index >= 15 is 0 Å². The summed E-state index contributed by atoms with van der Waals surface area (Å²) in [6.45, 7) is 2.09. The first-order valence-corrected chi connectivity index (χ1v) is 7.16. The van der Waals surface area contributed by atoms with Gasteiger partial charge in [-0.1, -0.05) is 22.0 Å². The van der Waals surface area contributed by atoms with Gasteiger partial charge in [-0.25, -0.2) is 0 Å². The van der Waals surface area contributed by atoms with E-state index in [2.05, 4.69) is 81.0 Å². The van der Waals surface area contributed by atoms with Crippen LogP contribution in [-0.4, -0.2) is 39.1 Å². The van der Waals surface area contributed by atoms with Crippen molar-refractivity contribution in [1.82, 2.24) is 4.90 Å². The van der Waals surface area contributed by atoms with Crippen molar-refractivity contribution in [2.24, 2.45) is 0 Å². The van der Waals surface area contributed by atoms with Gasteiger partial charge in [0.25, 0.3) is 0 Å². The summed E-state index contributed by atoms with van der Waals surface area (Å²) in [6.07, 6.45) is 0. The van der Waals surface area contributed by atoms with Crippen molar-refractivity contribution in [2.75, 3.05) is 39.1 Å². The Morgan fingerprint density at radius 1 is 1.12 bits per heavy atom. The minimum atomic E-state index is 0.896. The van der Waals surface area contributed by atoms with Crippen LogP contribution in [0.3, 0.4) is 0 Å². The van der Waals surface area contributed by atoms with Crippen LogP contribution < -0.4 is 4.90 Å². The molecule has 0 spiro atoms. The molecule has 0 aromatic heterocycles. The summed E-state index contributed by atoms with van der Waals surface area (Å²) in [5.74, 6) is 0. The van der Waals surface area contributed by atoms with E-state index in [0.717, 1.165) is 22.9 Å². The molecule has 0 unspecified atom stereocenters. The van der Waals surface area contributed by atoms with Crippen LogP contribution in [0.2, 0.25) is 0 Å². The predicted octanol–water partition coefficient (Wildman–Crippen LogP) is 3.34. The summed E-state index contributed by atoms with van der Waals surface area (Å²) < 4.78 is 1.16. The lowest BCUT2D eigenvalue weighted by Crippen LogP contribution is -2.28. The minimum absolute atomic E-state index is 0.896. The van der Waals surface area contributed by atoms with Gasteiger partial charge in [0.1, 0.15) is 0 Å². The Morgan fingerprint density at radius 3 is 2.31 bits per heavy atom. The summed E-state index contributed by atoms with van der Waals surface area (Å²) in [5, 5.41) is 0.896. The molecule has 0 fully saturated rings. The highest BCUT2D eigenvalue weighted by Crippen LogP contribution is 2.27. The number of hydrogen-bond donors (Lipinski definition) is 0. The van der Waals surface area contributed by atoms with Gasteiger partial charge in [0.15, 0.2) is 0 Å². The van der Waals surface area contributed by atoms with Gasteiger partial charge in [-0.05, 0) is 47.7 Å². The van der Waals surface area contributed by atoms with Crippen molar-refractivity contribution in [1.29, 1.82) is 0 Å². The van der Waals surface area contributed by atoms with Gasteiger partial charge in [0, 0.05) is 29.9 Å². The zero-order valence-corrected chi connectivity index (χ0v) is 13.2. The lowest BCUT2D eigenvalue weighted by Gasteiger charge is -2.23. The van der Waals surface area contributed by atoms with Crippen LogP contribution in [0.25, 0.3) is 0 Å². The zero-order valence-electron chi connectivity index (χ0n) is 10.0. The van der Waals surface area contributed by atoms with Crippen LogP contribution in [-0.2, 0) is 5.33 Å². The number of rotatable bonds is 5. The molecule has 1 rings (SSSR count). The van der Waals surface area contributed by atoms with E-state index in [1.54, 1.807) is 0 Å². The van der Waals surface area contributed by atoms with Crippen molar-refractivity contribution in [3.05, 3.63) is 28.2 Å². The summed E-state index contributed by atoms with van der Waals surface area (Å²) in [5.41, 5.74) is 2.53. The van der Waals surface area contributed by atoms with Gasteiger partial charge in [-0.3, -0.25) is 0 Å². The van der Waals surface area contributed by atoms with E-state index in [-0.39, 0.29) is 0 Å². The van der Waals surface area contributed by atoms with Crippen molar-refractivity contribution in [3.8, 4) is 0 Å². The number of anilines is 1. The van der Waals surface area contributed by atoms with E-state index < -0.39 is 0 Å². The maximum atomic E-state index is 3.62. The highest BCUT2D eigenvalue weighted by Gasteiger charge is 2.06. The number of hydrogen-bond acceptors (Lipinski definition) is 2. The Balaban J connectivity index is 2.71. The van der Waals surface area contributed by atoms with Crippen LogP contribution in [0.4, 0.5) is 5.69 Å². The van der Waals surface area contributed by atoms with Crippen molar-refractivity contribution in [2.45, 2.75) is 5.33 Å².